The van der Waals surface area contributed by atoms with Crippen molar-refractivity contribution < 1.29 is 59.2 Å². The number of ether oxygens (including phenoxy) is 3. The van der Waals surface area contributed by atoms with Crippen LogP contribution < -0.4 is 20.1 Å². The van der Waals surface area contributed by atoms with Crippen molar-refractivity contribution in [3.05, 3.63) is 111 Å². The van der Waals surface area contributed by atoms with Crippen molar-refractivity contribution in [3.8, 4) is 28.7 Å². The molecule has 14 nitrogen and oxygen atoms in total. The minimum Gasteiger partial charge on any atom is -0.508 e. The third-order valence-corrected chi connectivity index (χ3v) is 13.3. The molecule has 1 spiro atoms. The smallest absolute Gasteiger partial charge is 0.341 e. The molecule has 9 rings (SSSR count). The zero-order chi connectivity index (χ0) is 42.0. The van der Waals surface area contributed by atoms with Gasteiger partial charge in [-0.2, -0.15) is 0 Å². The number of aliphatic hydroxyl groups is 2. The maximum atomic E-state index is 12.7. The van der Waals surface area contributed by atoms with Gasteiger partial charge in [0.2, 0.25) is 0 Å². The molecular formula is C45H48N2O12. The van der Waals surface area contributed by atoms with Gasteiger partial charge in [-0.1, -0.05) is 13.0 Å². The molecule has 3 aliphatic carbocycles. The number of likely N-dealkylation sites (N-methyl/N-ethyl adjacent to an activating group) is 2. The lowest BCUT2D eigenvalue weighted by molar-refractivity contribution is -0.139. The van der Waals surface area contributed by atoms with E-state index in [1.807, 2.05) is 14.1 Å². The molecule has 0 aromatic heterocycles. The summed E-state index contributed by atoms with van der Waals surface area (Å²) in [4.78, 5) is 35.2. The molecule has 4 aromatic carbocycles. The van der Waals surface area contributed by atoms with Crippen LogP contribution in [0.1, 0.15) is 98.7 Å². The summed E-state index contributed by atoms with van der Waals surface area (Å²) < 4.78 is 17.4. The zero-order valence-electron chi connectivity index (χ0n) is 32.9. The molecular weight excluding hydrogens is 760 g/mol. The fourth-order valence-corrected chi connectivity index (χ4v) is 10.6. The van der Waals surface area contributed by atoms with Gasteiger partial charge in [0.15, 0.2) is 12.2 Å². The Bertz CT molecular complexity index is 2290. The summed E-state index contributed by atoms with van der Waals surface area (Å²) in [5.74, 6) is -0.531. The number of aromatic carboxylic acids is 1. The van der Waals surface area contributed by atoms with Crippen molar-refractivity contribution in [1.82, 2.24) is 10.6 Å². The summed E-state index contributed by atoms with van der Waals surface area (Å²) in [6, 6.07) is 17.4. The number of benzene rings is 4. The number of esters is 1. The van der Waals surface area contributed by atoms with Crippen LogP contribution in [-0.4, -0.2) is 88.0 Å². The number of aliphatic carboxylic acids is 1. The van der Waals surface area contributed by atoms with E-state index in [9.17, 15) is 39.9 Å². The second-order valence-electron chi connectivity index (χ2n) is 16.5. The predicted octanol–water partition coefficient (Wildman–Crippen LogP) is 5.18. The molecule has 59 heavy (non-hydrogen) atoms. The first-order valence-corrected chi connectivity index (χ1v) is 19.9. The highest BCUT2D eigenvalue weighted by Gasteiger charge is 2.58. The number of carboxylic acids is 2. The lowest BCUT2D eigenvalue weighted by Crippen LogP contribution is -2.44. The van der Waals surface area contributed by atoms with Crippen LogP contribution in [0.2, 0.25) is 0 Å². The Morgan fingerprint density at radius 3 is 2.22 bits per heavy atom. The number of carbonyl (C=O) groups excluding carboxylic acids is 1. The van der Waals surface area contributed by atoms with Gasteiger partial charge >= 0.3 is 17.9 Å². The highest BCUT2D eigenvalue weighted by atomic mass is 16.6. The van der Waals surface area contributed by atoms with Crippen LogP contribution in [0.5, 0.6) is 28.7 Å². The van der Waals surface area contributed by atoms with Gasteiger partial charge in [0.1, 0.15) is 28.7 Å². The summed E-state index contributed by atoms with van der Waals surface area (Å²) in [5.41, 5.74) is 3.52. The van der Waals surface area contributed by atoms with E-state index in [1.165, 1.54) is 47.5 Å². The van der Waals surface area contributed by atoms with E-state index in [0.29, 0.717) is 53.2 Å². The average Bonchev–Trinajstić information content (AvgIpc) is 3.63. The molecule has 2 aliphatic heterocycles. The number of fused-ring (bicyclic) bond motifs is 11. The number of nitrogens with one attached hydrogen (secondary N) is 2. The molecule has 0 radical (unpaired) electrons. The van der Waals surface area contributed by atoms with Gasteiger partial charge in [0, 0.05) is 47.0 Å². The van der Waals surface area contributed by atoms with Gasteiger partial charge in [-0.05, 0) is 129 Å². The van der Waals surface area contributed by atoms with E-state index in [-0.39, 0.29) is 52.2 Å². The Kier molecular flexibility index (Phi) is 10.3. The van der Waals surface area contributed by atoms with Crippen LogP contribution in [0.15, 0.2) is 66.7 Å². The molecule has 7 atom stereocenters. The lowest BCUT2D eigenvalue weighted by atomic mass is 9.55. The van der Waals surface area contributed by atoms with Crippen LogP contribution in [0.4, 0.5) is 0 Å². The highest BCUT2D eigenvalue weighted by molar-refractivity contribution is 6.00. The molecule has 310 valence electrons. The van der Waals surface area contributed by atoms with Crippen molar-refractivity contribution in [2.24, 2.45) is 17.3 Å². The summed E-state index contributed by atoms with van der Waals surface area (Å²) in [6.07, 6.45) is 3.28. The zero-order valence-corrected chi connectivity index (χ0v) is 32.9. The van der Waals surface area contributed by atoms with E-state index in [1.54, 1.807) is 18.2 Å². The summed E-state index contributed by atoms with van der Waals surface area (Å²) >= 11 is 0. The van der Waals surface area contributed by atoms with Crippen LogP contribution >= 0.6 is 0 Å². The van der Waals surface area contributed by atoms with Gasteiger partial charge in [-0.25, -0.2) is 14.4 Å². The Morgan fingerprint density at radius 1 is 0.915 bits per heavy atom. The minimum absolute atomic E-state index is 0.00320. The summed E-state index contributed by atoms with van der Waals surface area (Å²) in [6.45, 7) is 2.50. The summed E-state index contributed by atoms with van der Waals surface area (Å²) in [7, 11) is 3.80. The summed E-state index contributed by atoms with van der Waals surface area (Å²) in [5, 5.41) is 65.7. The molecule has 2 fully saturated rings. The minimum atomic E-state index is -1.38. The fraction of sp³-hybridized carbons (Fsp3) is 0.400. The number of hydrogen-bond acceptors (Lipinski definition) is 12. The van der Waals surface area contributed by atoms with Crippen molar-refractivity contribution in [3.63, 3.8) is 0 Å². The molecule has 0 saturated heterocycles. The number of phenolic OH excluding ortho intramolecular Hbond substituents is 2. The standard InChI is InChI=1S/C24H36N2O5.C21H12O7/c1-24-7-6-14-15(18(24)10-20(27)23(24)30)5-4-13-8-21(31-12-22(28)29)17(9-16(13)14)19(26-3)11-25-2;22-11-2-5-15-17(8-11)27-18-9-12(23)3-6-16(18)21(15)14-4-1-10(19(24)25)7-13(14)20(26)28-21/h8-9,14-15,18-20,23,25-27,30H,4-7,10-12H2,1-3H3,(H,28,29);1-9,22-23H,(H,24,25)/t14-,15+,18-,19?,20+,23-,24-;/m0./s1. The Hall–Kier alpha value is -5.67. The van der Waals surface area contributed by atoms with Crippen LogP contribution in [-0.2, 0) is 21.6 Å². The van der Waals surface area contributed by atoms with Gasteiger partial charge in [-0.3, -0.25) is 0 Å². The Labute approximate surface area is 340 Å². The SMILES string of the molecule is CNCC(NC)c1cc2c(cc1OCC(=O)O)CC[C@@H]1[C@@H]2CC[C@]2(C)[C@@H](O)[C@H](O)C[C@@H]12.O=C(O)c1ccc2c(c1)C(=O)OC21c2ccc(O)cc2Oc2cc(O)ccc21. The number of hydrogen-bond donors (Lipinski definition) is 8. The number of aryl methyl sites for hydroxylation is 1. The molecule has 2 heterocycles. The second-order valence-corrected chi connectivity index (χ2v) is 16.5. The van der Waals surface area contributed by atoms with Gasteiger partial charge in [0.25, 0.3) is 0 Å². The molecule has 8 N–H and O–H groups in total. The van der Waals surface area contributed by atoms with E-state index in [2.05, 4.69) is 29.7 Å². The van der Waals surface area contributed by atoms with Gasteiger partial charge in [0.05, 0.1) is 23.3 Å². The first-order valence-electron chi connectivity index (χ1n) is 19.9. The van der Waals surface area contributed by atoms with Gasteiger partial charge in [-0.15, -0.1) is 0 Å². The molecule has 0 amide bonds. The number of phenols is 2. The van der Waals surface area contributed by atoms with Gasteiger partial charge < -0.3 is 55.5 Å². The van der Waals surface area contributed by atoms with Crippen LogP contribution in [0, 0.1) is 17.3 Å². The van der Waals surface area contributed by atoms with Crippen molar-refractivity contribution >= 4 is 17.9 Å². The molecule has 2 saturated carbocycles. The highest BCUT2D eigenvalue weighted by Crippen LogP contribution is 2.61. The van der Waals surface area contributed by atoms with Crippen LogP contribution in [0.25, 0.3) is 0 Å². The predicted molar refractivity (Wildman–Crippen MR) is 212 cm³/mol. The number of carbonyl (C=O) groups is 3. The van der Waals surface area contributed by atoms with E-state index < -0.39 is 35.7 Å². The van der Waals surface area contributed by atoms with E-state index >= 15 is 0 Å². The second kappa shape index (κ2) is 15.2. The first kappa shape index (κ1) is 40.1. The van der Waals surface area contributed by atoms with Crippen LogP contribution in [0.3, 0.4) is 0 Å². The Morgan fingerprint density at radius 2 is 1.59 bits per heavy atom. The first-order chi connectivity index (χ1) is 28.2. The third-order valence-electron chi connectivity index (χ3n) is 13.3. The number of aliphatic hydroxyl groups excluding tert-OH is 2. The molecule has 1 unspecified atom stereocenters. The lowest BCUT2D eigenvalue weighted by Gasteiger charge is -2.50. The number of rotatable bonds is 8. The monoisotopic (exact) mass is 808 g/mol. The number of carboxylic acid groups (broad SMARTS) is 2. The van der Waals surface area contributed by atoms with E-state index in [0.717, 1.165) is 31.2 Å². The topological polar surface area (TPSA) is 224 Å². The van der Waals surface area contributed by atoms with Crippen molar-refractivity contribution in [1.29, 1.82) is 0 Å². The molecule has 14 heteroatoms. The Balaban J connectivity index is 0.000000165. The molecule has 5 aliphatic rings. The third kappa shape index (κ3) is 6.64. The average molecular weight is 809 g/mol. The maximum absolute atomic E-state index is 12.7. The van der Waals surface area contributed by atoms with Crippen molar-refractivity contribution in [2.45, 2.75) is 68.8 Å². The quantitative estimate of drug-likeness (QED) is 0.108. The number of aromatic hydroxyl groups is 2. The normalized spacial score (nSPS) is 25.6. The molecule has 0 bridgehead atoms. The van der Waals surface area contributed by atoms with E-state index in [4.69, 9.17) is 19.3 Å². The molecule has 4 aromatic rings. The van der Waals surface area contributed by atoms with Crippen molar-refractivity contribution in [2.75, 3.05) is 27.2 Å². The largest absolute Gasteiger partial charge is 0.508 e. The fourth-order valence-electron chi connectivity index (χ4n) is 10.6. The maximum Gasteiger partial charge on any atom is 0.341 e.